The van der Waals surface area contributed by atoms with Crippen molar-refractivity contribution in [2.45, 2.75) is 0 Å². The molecule has 0 amide bonds. The Labute approximate surface area is 84.8 Å². The third-order valence-electron chi connectivity index (χ3n) is 1.17. The van der Waals surface area contributed by atoms with Crippen molar-refractivity contribution in [3.8, 4) is 0 Å². The van der Waals surface area contributed by atoms with Gasteiger partial charge in [-0.25, -0.2) is 14.2 Å². The Balaban J connectivity index is 3.42. The minimum Gasteiger partial charge on any atom is -0.245 e. The second kappa shape index (κ2) is 3.94. The van der Waals surface area contributed by atoms with Crippen LogP contribution in [0, 0.1) is 5.82 Å². The lowest BCUT2D eigenvalue weighted by Gasteiger charge is -1.99. The van der Waals surface area contributed by atoms with Gasteiger partial charge in [0.2, 0.25) is 0 Å². The van der Waals surface area contributed by atoms with Gasteiger partial charge in [0.15, 0.2) is 5.82 Å². The van der Waals surface area contributed by atoms with Crippen molar-refractivity contribution in [2.24, 2.45) is 0 Å². The maximum absolute atomic E-state index is 13.1. The molecule has 0 aliphatic carbocycles. The van der Waals surface area contributed by atoms with Gasteiger partial charge in [0.05, 0.1) is 0 Å². The molecule has 0 atom stereocenters. The number of carbonyl (C=O) groups excluding carboxylic acids is 1. The van der Waals surface area contributed by atoms with Crippen LogP contribution in [0.2, 0.25) is 0 Å². The standard InChI is InChI=1S/C7H2Br2FNO/c8-5-3-11-7(9)6(10)4(5)1-2-12/h1,3H. The highest BCUT2D eigenvalue weighted by Gasteiger charge is 2.08. The average molecular weight is 295 g/mol. The van der Waals surface area contributed by atoms with Crippen LogP contribution in [0.5, 0.6) is 0 Å². The number of hydrogen-bond donors (Lipinski definition) is 0. The Bertz CT molecular complexity index is 361. The lowest BCUT2D eigenvalue weighted by molar-refractivity contribution is 0.569. The molecule has 0 aliphatic heterocycles. The van der Waals surface area contributed by atoms with E-state index < -0.39 is 5.82 Å². The molecule has 1 heterocycles. The van der Waals surface area contributed by atoms with Crippen molar-refractivity contribution in [1.29, 1.82) is 0 Å². The molecule has 0 radical (unpaired) electrons. The van der Waals surface area contributed by atoms with Crippen molar-refractivity contribution in [3.05, 3.63) is 26.7 Å². The summed E-state index contributed by atoms with van der Waals surface area (Å²) in [5.41, 5.74) is 0.145. The summed E-state index contributed by atoms with van der Waals surface area (Å²) < 4.78 is 13.6. The monoisotopic (exact) mass is 293 g/mol. The molecule has 0 unspecified atom stereocenters. The SMILES string of the molecule is O=C=Cc1c(Br)cnc(Br)c1F. The van der Waals surface area contributed by atoms with Crippen molar-refractivity contribution < 1.29 is 9.18 Å². The highest BCUT2D eigenvalue weighted by atomic mass is 79.9. The summed E-state index contributed by atoms with van der Waals surface area (Å²) in [6.45, 7) is 0. The van der Waals surface area contributed by atoms with Gasteiger partial charge in [-0.15, -0.1) is 0 Å². The number of rotatable bonds is 1. The fourth-order valence-electron chi connectivity index (χ4n) is 0.647. The van der Waals surface area contributed by atoms with Crippen LogP contribution in [0.15, 0.2) is 15.3 Å². The smallest absolute Gasteiger partial charge is 0.165 e. The van der Waals surface area contributed by atoms with Gasteiger partial charge >= 0.3 is 0 Å². The molecule has 0 saturated heterocycles. The summed E-state index contributed by atoms with van der Waals surface area (Å²) in [7, 11) is 0. The number of hydrogen-bond acceptors (Lipinski definition) is 2. The van der Waals surface area contributed by atoms with E-state index in [0.717, 1.165) is 6.08 Å². The number of pyridine rings is 1. The summed E-state index contributed by atoms with van der Waals surface area (Å²) >= 11 is 5.94. The summed E-state index contributed by atoms with van der Waals surface area (Å²) in [4.78, 5) is 13.7. The molecule has 1 rings (SSSR count). The van der Waals surface area contributed by atoms with Crippen LogP contribution in [0.25, 0.3) is 6.08 Å². The van der Waals surface area contributed by atoms with Gasteiger partial charge < -0.3 is 0 Å². The quantitative estimate of drug-likeness (QED) is 0.589. The molecule has 0 N–H and O–H groups in total. The van der Waals surface area contributed by atoms with Crippen LogP contribution in [0.1, 0.15) is 5.56 Å². The van der Waals surface area contributed by atoms with E-state index in [1.807, 2.05) is 0 Å². The van der Waals surface area contributed by atoms with Gasteiger partial charge in [-0.05, 0) is 31.9 Å². The van der Waals surface area contributed by atoms with Gasteiger partial charge in [-0.1, -0.05) is 0 Å². The average Bonchev–Trinajstić information content (AvgIpc) is 2.06. The van der Waals surface area contributed by atoms with Crippen molar-refractivity contribution in [1.82, 2.24) is 4.98 Å². The summed E-state index contributed by atoms with van der Waals surface area (Å²) in [5.74, 6) is 0.923. The largest absolute Gasteiger partial charge is 0.245 e. The van der Waals surface area contributed by atoms with E-state index in [0.29, 0.717) is 4.47 Å². The number of halogens is 3. The molecule has 0 saturated carbocycles. The topological polar surface area (TPSA) is 30.0 Å². The van der Waals surface area contributed by atoms with Gasteiger partial charge in [0, 0.05) is 22.3 Å². The highest BCUT2D eigenvalue weighted by Crippen LogP contribution is 2.24. The van der Waals surface area contributed by atoms with E-state index in [-0.39, 0.29) is 10.2 Å². The second-order valence-corrected chi connectivity index (χ2v) is 3.49. The fraction of sp³-hybridized carbons (Fsp3) is 0. The maximum atomic E-state index is 13.1. The van der Waals surface area contributed by atoms with Crippen LogP contribution >= 0.6 is 31.9 Å². The maximum Gasteiger partial charge on any atom is 0.165 e. The van der Waals surface area contributed by atoms with Gasteiger partial charge in [0.1, 0.15) is 10.5 Å². The molecule has 12 heavy (non-hydrogen) atoms. The minimum absolute atomic E-state index is 0.0761. The molecule has 5 heteroatoms. The first-order valence-corrected chi connectivity index (χ1v) is 4.45. The lowest BCUT2D eigenvalue weighted by Crippen LogP contribution is -1.89. The Morgan fingerprint density at radius 1 is 1.58 bits per heavy atom. The van der Waals surface area contributed by atoms with E-state index in [4.69, 9.17) is 0 Å². The molecule has 1 aromatic heterocycles. The normalized spacial score (nSPS) is 9.25. The first kappa shape index (κ1) is 9.58. The zero-order valence-electron chi connectivity index (χ0n) is 5.64. The molecule has 1 aromatic rings. The van der Waals surface area contributed by atoms with E-state index in [1.54, 1.807) is 0 Å². The Morgan fingerprint density at radius 3 is 2.83 bits per heavy atom. The summed E-state index contributed by atoms with van der Waals surface area (Å²) in [5, 5.41) is 0. The van der Waals surface area contributed by atoms with Crippen LogP contribution < -0.4 is 0 Å². The van der Waals surface area contributed by atoms with Crippen molar-refractivity contribution in [2.75, 3.05) is 0 Å². The third-order valence-corrected chi connectivity index (χ3v) is 2.35. The van der Waals surface area contributed by atoms with E-state index in [9.17, 15) is 9.18 Å². The summed E-state index contributed by atoms with van der Waals surface area (Å²) in [6.07, 6.45) is 2.40. The first-order valence-electron chi connectivity index (χ1n) is 2.87. The van der Waals surface area contributed by atoms with Crippen LogP contribution in [0.3, 0.4) is 0 Å². The number of nitrogens with zero attached hydrogens (tertiary/aromatic N) is 1. The van der Waals surface area contributed by atoms with Crippen LogP contribution in [0.4, 0.5) is 4.39 Å². The molecule has 62 valence electrons. The Hall–Kier alpha value is -0.510. The van der Waals surface area contributed by atoms with Crippen LogP contribution in [-0.2, 0) is 4.79 Å². The van der Waals surface area contributed by atoms with Gasteiger partial charge in [-0.3, -0.25) is 0 Å². The molecule has 0 aromatic carbocycles. The zero-order chi connectivity index (χ0) is 9.14. The molecular formula is C7H2Br2FNO. The third kappa shape index (κ3) is 1.80. The lowest BCUT2D eigenvalue weighted by atomic mass is 10.2. The van der Waals surface area contributed by atoms with Crippen molar-refractivity contribution in [3.63, 3.8) is 0 Å². The molecule has 0 spiro atoms. The Kier molecular flexibility index (Phi) is 3.14. The molecule has 0 aliphatic rings. The van der Waals surface area contributed by atoms with Gasteiger partial charge in [-0.2, -0.15) is 0 Å². The molecule has 0 bridgehead atoms. The van der Waals surface area contributed by atoms with E-state index >= 15 is 0 Å². The molecule has 2 nitrogen and oxygen atoms in total. The zero-order valence-corrected chi connectivity index (χ0v) is 8.82. The predicted octanol–water partition coefficient (Wildman–Crippen LogP) is 2.59. The Morgan fingerprint density at radius 2 is 2.25 bits per heavy atom. The van der Waals surface area contributed by atoms with E-state index in [2.05, 4.69) is 36.8 Å². The van der Waals surface area contributed by atoms with Gasteiger partial charge in [0.25, 0.3) is 0 Å². The summed E-state index contributed by atoms with van der Waals surface area (Å²) in [6, 6.07) is 0. The van der Waals surface area contributed by atoms with E-state index in [1.165, 1.54) is 12.1 Å². The second-order valence-electron chi connectivity index (χ2n) is 1.89. The fourth-order valence-corrected chi connectivity index (χ4v) is 1.35. The first-order chi connectivity index (χ1) is 5.66. The molecule has 0 fully saturated rings. The number of aromatic nitrogens is 1. The van der Waals surface area contributed by atoms with Crippen molar-refractivity contribution >= 4 is 43.9 Å². The molecular weight excluding hydrogens is 293 g/mol. The highest BCUT2D eigenvalue weighted by molar-refractivity contribution is 9.11. The van der Waals surface area contributed by atoms with Crippen LogP contribution in [-0.4, -0.2) is 10.9 Å². The predicted molar refractivity (Wildman–Crippen MR) is 49.8 cm³/mol. The minimum atomic E-state index is -0.576.